The van der Waals surface area contributed by atoms with E-state index in [1.807, 2.05) is 6.92 Å². The number of rotatable bonds is 39. The van der Waals surface area contributed by atoms with Gasteiger partial charge in [0.15, 0.2) is 0 Å². The molecule has 0 aliphatic rings. The van der Waals surface area contributed by atoms with Crippen LogP contribution in [0.2, 0.25) is 0 Å². The molecule has 0 amide bonds. The van der Waals surface area contributed by atoms with E-state index in [1.54, 1.807) is 0 Å². The molecule has 0 unspecified atom stereocenters. The van der Waals surface area contributed by atoms with Crippen LogP contribution in [0.1, 0.15) is 258 Å². The maximum Gasteiger partial charge on any atom is 0.333 e. The minimum Gasteiger partial charge on any atom is -0.462 e. The molecule has 0 saturated carbocycles. The molecule has 0 aliphatic carbocycles. The number of ether oxygens (including phenoxy) is 1. The topological polar surface area (TPSA) is 26.3 Å². The van der Waals surface area contributed by atoms with Gasteiger partial charge < -0.3 is 4.74 Å². The lowest BCUT2D eigenvalue weighted by Crippen LogP contribution is -2.07. The van der Waals surface area contributed by atoms with Crippen molar-refractivity contribution in [2.24, 2.45) is 0 Å². The summed E-state index contributed by atoms with van der Waals surface area (Å²) in [6.45, 7) is 7.10. The maximum atomic E-state index is 12.3. The fourth-order valence-electron chi connectivity index (χ4n) is 6.73. The van der Waals surface area contributed by atoms with Gasteiger partial charge in [-0.25, -0.2) is 4.79 Å². The third-order valence-corrected chi connectivity index (χ3v) is 10.1. The Bertz CT molecular complexity index is 609. The van der Waals surface area contributed by atoms with Crippen LogP contribution in [-0.4, -0.2) is 12.6 Å². The van der Waals surface area contributed by atoms with Gasteiger partial charge in [0.25, 0.3) is 0 Å². The second kappa shape index (κ2) is 40.4. The minimum absolute atomic E-state index is 0.103. The summed E-state index contributed by atoms with van der Waals surface area (Å²) in [6, 6.07) is 0. The fraction of sp³-hybridized carbons (Fsp3) is 0.932. The van der Waals surface area contributed by atoms with Gasteiger partial charge in [0.1, 0.15) is 0 Å². The van der Waals surface area contributed by atoms with E-state index in [4.69, 9.17) is 4.74 Å². The maximum absolute atomic E-state index is 12.3. The number of carbonyl (C=O) groups excluding carboxylic acids is 1. The highest BCUT2D eigenvalue weighted by molar-refractivity contribution is 5.87. The van der Waals surface area contributed by atoms with E-state index in [9.17, 15) is 4.79 Å². The lowest BCUT2D eigenvalue weighted by atomic mass is 10.0. The van der Waals surface area contributed by atoms with Crippen LogP contribution in [0.25, 0.3) is 0 Å². The third-order valence-electron chi connectivity index (χ3n) is 10.1. The SMILES string of the molecule is CCCCCCCCCCCCCCCCCCCCCCC=C(C)C(=O)OCCCCCCCCCCCCCCCCCC. The van der Waals surface area contributed by atoms with Crippen molar-refractivity contribution in [3.8, 4) is 0 Å². The molecule has 0 aliphatic heterocycles. The molecule has 2 heteroatoms. The van der Waals surface area contributed by atoms with Crippen molar-refractivity contribution in [1.29, 1.82) is 0 Å². The van der Waals surface area contributed by atoms with Crippen molar-refractivity contribution in [3.63, 3.8) is 0 Å². The van der Waals surface area contributed by atoms with Gasteiger partial charge in [0.05, 0.1) is 6.61 Å². The highest BCUT2D eigenvalue weighted by Gasteiger charge is 2.05. The van der Waals surface area contributed by atoms with Gasteiger partial charge >= 0.3 is 5.97 Å². The van der Waals surface area contributed by atoms with Crippen LogP contribution in [0, 0.1) is 0 Å². The first kappa shape index (κ1) is 45.2. The standard InChI is InChI=1S/C44H86O2/c1-4-6-8-10-12-14-16-18-20-22-23-24-25-26-27-29-31-33-35-37-39-41-43(3)44(45)46-42-40-38-36-34-32-30-28-21-19-17-15-13-11-9-7-5-2/h41H,4-40,42H2,1-3H3. The lowest BCUT2D eigenvalue weighted by molar-refractivity contribution is -0.139. The molecular weight excluding hydrogens is 560 g/mol. The van der Waals surface area contributed by atoms with Crippen LogP contribution in [0.15, 0.2) is 11.6 Å². The molecule has 0 aromatic carbocycles. The monoisotopic (exact) mass is 647 g/mol. The Morgan fingerprint density at radius 3 is 0.891 bits per heavy atom. The van der Waals surface area contributed by atoms with Gasteiger partial charge in [-0.2, -0.15) is 0 Å². The molecule has 0 atom stereocenters. The lowest BCUT2D eigenvalue weighted by Gasteiger charge is -2.06. The van der Waals surface area contributed by atoms with E-state index in [2.05, 4.69) is 19.9 Å². The van der Waals surface area contributed by atoms with Crippen LogP contribution in [0.5, 0.6) is 0 Å². The molecule has 0 rings (SSSR count). The first-order chi connectivity index (χ1) is 22.7. The number of esters is 1. The number of hydrogen-bond donors (Lipinski definition) is 0. The highest BCUT2D eigenvalue weighted by Crippen LogP contribution is 2.16. The second-order valence-electron chi connectivity index (χ2n) is 14.8. The first-order valence-corrected chi connectivity index (χ1v) is 21.6. The van der Waals surface area contributed by atoms with Crippen molar-refractivity contribution in [1.82, 2.24) is 0 Å². The summed E-state index contributed by atoms with van der Waals surface area (Å²) in [6.07, 6.45) is 53.3. The molecule has 0 fully saturated rings. The predicted molar refractivity (Wildman–Crippen MR) is 207 cm³/mol. The molecular formula is C44H86O2. The fourth-order valence-corrected chi connectivity index (χ4v) is 6.73. The Labute approximate surface area is 291 Å². The van der Waals surface area contributed by atoms with Crippen molar-refractivity contribution in [2.45, 2.75) is 258 Å². The van der Waals surface area contributed by atoms with Gasteiger partial charge in [-0.1, -0.05) is 238 Å². The highest BCUT2D eigenvalue weighted by atomic mass is 16.5. The summed E-state index contributed by atoms with van der Waals surface area (Å²) in [5, 5.41) is 0. The Hall–Kier alpha value is -0.790. The van der Waals surface area contributed by atoms with E-state index in [-0.39, 0.29) is 5.97 Å². The molecule has 46 heavy (non-hydrogen) atoms. The molecule has 0 saturated heterocycles. The van der Waals surface area contributed by atoms with Gasteiger partial charge in [-0.05, 0) is 26.2 Å². The zero-order valence-electron chi connectivity index (χ0n) is 32.3. The number of allylic oxidation sites excluding steroid dienone is 1. The first-order valence-electron chi connectivity index (χ1n) is 21.6. The smallest absolute Gasteiger partial charge is 0.333 e. The number of unbranched alkanes of at least 4 members (excludes halogenated alkanes) is 35. The Morgan fingerprint density at radius 2 is 0.609 bits per heavy atom. The zero-order chi connectivity index (χ0) is 33.4. The molecule has 0 aromatic rings. The van der Waals surface area contributed by atoms with E-state index >= 15 is 0 Å². The predicted octanol–water partition coefficient (Wildman–Crippen LogP) is 15.9. The van der Waals surface area contributed by atoms with Crippen molar-refractivity contribution in [3.05, 3.63) is 11.6 Å². The molecule has 274 valence electrons. The molecule has 0 N–H and O–H groups in total. The largest absolute Gasteiger partial charge is 0.462 e. The van der Waals surface area contributed by atoms with E-state index in [1.165, 1.54) is 225 Å². The molecule has 2 nitrogen and oxygen atoms in total. The van der Waals surface area contributed by atoms with E-state index in [0.29, 0.717) is 6.61 Å². The zero-order valence-corrected chi connectivity index (χ0v) is 32.3. The van der Waals surface area contributed by atoms with Crippen LogP contribution in [-0.2, 0) is 9.53 Å². The van der Waals surface area contributed by atoms with Gasteiger partial charge in [-0.3, -0.25) is 0 Å². The van der Waals surface area contributed by atoms with Crippen molar-refractivity contribution >= 4 is 5.97 Å². The van der Waals surface area contributed by atoms with Gasteiger partial charge in [0, 0.05) is 5.57 Å². The summed E-state index contributed by atoms with van der Waals surface area (Å²) in [7, 11) is 0. The summed E-state index contributed by atoms with van der Waals surface area (Å²) in [4.78, 5) is 12.3. The Morgan fingerprint density at radius 1 is 0.370 bits per heavy atom. The minimum atomic E-state index is -0.103. The van der Waals surface area contributed by atoms with Crippen LogP contribution >= 0.6 is 0 Å². The van der Waals surface area contributed by atoms with Gasteiger partial charge in [0.2, 0.25) is 0 Å². The molecule has 0 radical (unpaired) electrons. The van der Waals surface area contributed by atoms with Crippen LogP contribution in [0.3, 0.4) is 0 Å². The summed E-state index contributed by atoms with van der Waals surface area (Å²) in [5.74, 6) is -0.103. The average Bonchev–Trinajstić information content (AvgIpc) is 3.06. The number of carbonyl (C=O) groups is 1. The van der Waals surface area contributed by atoms with E-state index < -0.39 is 0 Å². The van der Waals surface area contributed by atoms with E-state index in [0.717, 1.165) is 18.4 Å². The van der Waals surface area contributed by atoms with Crippen LogP contribution in [0.4, 0.5) is 0 Å². The third kappa shape index (κ3) is 37.7. The quantitative estimate of drug-likeness (QED) is 0.0377. The summed E-state index contributed by atoms with van der Waals surface area (Å²) < 4.78 is 5.51. The number of hydrogen-bond acceptors (Lipinski definition) is 2. The van der Waals surface area contributed by atoms with Crippen molar-refractivity contribution in [2.75, 3.05) is 6.61 Å². The molecule has 0 aromatic heterocycles. The Kier molecular flexibility index (Phi) is 39.7. The molecule has 0 heterocycles. The molecule has 0 spiro atoms. The second-order valence-corrected chi connectivity index (χ2v) is 14.8. The average molecular weight is 647 g/mol. The van der Waals surface area contributed by atoms with Crippen LogP contribution < -0.4 is 0 Å². The normalized spacial score (nSPS) is 11.8. The van der Waals surface area contributed by atoms with Crippen molar-refractivity contribution < 1.29 is 9.53 Å². The summed E-state index contributed by atoms with van der Waals surface area (Å²) >= 11 is 0. The molecule has 0 bridgehead atoms. The Balaban J connectivity index is 3.31. The summed E-state index contributed by atoms with van der Waals surface area (Å²) in [5.41, 5.74) is 0.800. The van der Waals surface area contributed by atoms with Gasteiger partial charge in [-0.15, -0.1) is 0 Å².